The van der Waals surface area contributed by atoms with Gasteiger partial charge in [-0.25, -0.2) is 4.68 Å². The Kier molecular flexibility index (Phi) is 4.56. The van der Waals surface area contributed by atoms with Gasteiger partial charge in [-0.1, -0.05) is 28.4 Å². The van der Waals surface area contributed by atoms with Crippen LogP contribution in [-0.2, 0) is 4.79 Å². The minimum Gasteiger partial charge on any atom is -0.482 e. The van der Waals surface area contributed by atoms with Crippen molar-refractivity contribution in [2.24, 2.45) is 0 Å². The molecule has 25 heavy (non-hydrogen) atoms. The van der Waals surface area contributed by atoms with Gasteiger partial charge in [0.25, 0.3) is 5.91 Å². The summed E-state index contributed by atoms with van der Waals surface area (Å²) >= 11 is 11.9. The third kappa shape index (κ3) is 3.75. The van der Waals surface area contributed by atoms with Crippen molar-refractivity contribution < 1.29 is 9.53 Å². The Hall–Kier alpha value is -1.79. The summed E-state index contributed by atoms with van der Waals surface area (Å²) in [6.07, 6.45) is 5.32. The summed E-state index contributed by atoms with van der Waals surface area (Å²) in [7, 11) is 0. The number of nitrogens with zero attached hydrogens (tertiary/aromatic N) is 4. The quantitative estimate of drug-likeness (QED) is 0.797. The molecule has 6 nitrogen and oxygen atoms in total. The summed E-state index contributed by atoms with van der Waals surface area (Å²) in [5, 5.41) is 9.41. The van der Waals surface area contributed by atoms with Crippen LogP contribution in [0.4, 0.5) is 0 Å². The molecule has 0 radical (unpaired) electrons. The van der Waals surface area contributed by atoms with Crippen molar-refractivity contribution in [3.8, 4) is 5.75 Å². The zero-order valence-electron chi connectivity index (χ0n) is 13.6. The van der Waals surface area contributed by atoms with Gasteiger partial charge < -0.3 is 9.64 Å². The topological polar surface area (TPSA) is 60.2 Å². The highest BCUT2D eigenvalue weighted by atomic mass is 35.5. The van der Waals surface area contributed by atoms with E-state index in [1.807, 2.05) is 10.9 Å². The molecule has 0 N–H and O–H groups in total. The predicted molar refractivity (Wildman–Crippen MR) is 94.2 cm³/mol. The van der Waals surface area contributed by atoms with E-state index in [1.165, 1.54) is 12.8 Å². The summed E-state index contributed by atoms with van der Waals surface area (Å²) in [5.41, 5.74) is 1.07. The Morgan fingerprint density at radius 3 is 2.88 bits per heavy atom. The van der Waals surface area contributed by atoms with E-state index < -0.39 is 0 Å². The second-order valence-corrected chi connectivity index (χ2v) is 7.39. The molecule has 1 aliphatic heterocycles. The van der Waals surface area contributed by atoms with Gasteiger partial charge in [0, 0.05) is 30.2 Å². The smallest absolute Gasteiger partial charge is 0.260 e. The van der Waals surface area contributed by atoms with E-state index in [9.17, 15) is 4.79 Å². The first-order chi connectivity index (χ1) is 12.1. The molecule has 4 rings (SSSR count). The zero-order valence-corrected chi connectivity index (χ0v) is 15.1. The highest BCUT2D eigenvalue weighted by Gasteiger charge is 2.31. The summed E-state index contributed by atoms with van der Waals surface area (Å²) in [6.45, 7) is 1.28. The molecular weight excluding hydrogens is 363 g/mol. The average Bonchev–Trinajstić information content (AvgIpc) is 3.12. The van der Waals surface area contributed by atoms with Crippen molar-refractivity contribution in [2.75, 3.05) is 19.7 Å². The lowest BCUT2D eigenvalue weighted by molar-refractivity contribution is -0.132. The Morgan fingerprint density at radius 2 is 2.12 bits per heavy atom. The molecule has 2 aromatic rings. The van der Waals surface area contributed by atoms with Crippen molar-refractivity contribution in [3.63, 3.8) is 0 Å². The fourth-order valence-corrected chi connectivity index (χ4v) is 3.51. The molecule has 2 aliphatic rings. The monoisotopic (exact) mass is 380 g/mol. The minimum atomic E-state index is -0.0592. The number of aromatic nitrogens is 3. The maximum atomic E-state index is 12.4. The van der Waals surface area contributed by atoms with Crippen molar-refractivity contribution in [1.29, 1.82) is 0 Å². The lowest BCUT2D eigenvalue weighted by Crippen LogP contribution is -2.33. The normalized spacial score (nSPS) is 20.1. The number of benzene rings is 1. The van der Waals surface area contributed by atoms with E-state index in [-0.39, 0.29) is 18.6 Å². The molecule has 1 atom stereocenters. The van der Waals surface area contributed by atoms with E-state index in [0.717, 1.165) is 12.1 Å². The van der Waals surface area contributed by atoms with Crippen LogP contribution >= 0.6 is 23.2 Å². The molecule has 1 amide bonds. The lowest BCUT2D eigenvalue weighted by Gasteiger charge is -2.17. The van der Waals surface area contributed by atoms with Crippen molar-refractivity contribution in [1.82, 2.24) is 19.9 Å². The number of halogens is 2. The molecule has 2 fully saturated rings. The number of ether oxygens (including phenoxy) is 1. The lowest BCUT2D eigenvalue weighted by atomic mass is 10.2. The molecule has 8 heteroatoms. The third-order valence-electron chi connectivity index (χ3n) is 4.66. The van der Waals surface area contributed by atoms with Gasteiger partial charge in [-0.05, 0) is 37.5 Å². The highest BCUT2D eigenvalue weighted by molar-refractivity contribution is 6.35. The SMILES string of the molecule is O=C(COc1ccc(Cl)cc1Cl)N1CCC(n2cc(C3CC3)nn2)C1. The summed E-state index contributed by atoms with van der Waals surface area (Å²) in [4.78, 5) is 14.2. The number of carbonyl (C=O) groups excluding carboxylic acids is 1. The molecule has 1 aromatic carbocycles. The van der Waals surface area contributed by atoms with Gasteiger partial charge in [-0.15, -0.1) is 5.10 Å². The van der Waals surface area contributed by atoms with Crippen LogP contribution in [0.1, 0.15) is 36.9 Å². The first kappa shape index (κ1) is 16.7. The predicted octanol–water partition coefficient (Wildman–Crippen LogP) is 3.31. The van der Waals surface area contributed by atoms with Crippen LogP contribution in [0.2, 0.25) is 10.0 Å². The van der Waals surface area contributed by atoms with Crippen LogP contribution in [0, 0.1) is 0 Å². The van der Waals surface area contributed by atoms with E-state index in [0.29, 0.717) is 34.8 Å². The van der Waals surface area contributed by atoms with E-state index in [1.54, 1.807) is 23.1 Å². The van der Waals surface area contributed by atoms with Crippen molar-refractivity contribution >= 4 is 29.1 Å². The van der Waals surface area contributed by atoms with Crippen molar-refractivity contribution in [3.05, 3.63) is 40.1 Å². The maximum Gasteiger partial charge on any atom is 0.260 e. The number of rotatable bonds is 5. The molecule has 0 bridgehead atoms. The second kappa shape index (κ2) is 6.84. The van der Waals surface area contributed by atoms with Crippen LogP contribution in [-0.4, -0.2) is 45.5 Å². The molecule has 1 saturated carbocycles. The Labute approximate surface area is 155 Å². The molecule has 2 heterocycles. The number of carbonyl (C=O) groups is 1. The fourth-order valence-electron chi connectivity index (χ4n) is 3.04. The Balaban J connectivity index is 1.32. The highest BCUT2D eigenvalue weighted by Crippen LogP contribution is 2.39. The third-order valence-corrected chi connectivity index (χ3v) is 5.19. The van der Waals surface area contributed by atoms with Crippen LogP contribution in [0.3, 0.4) is 0 Å². The fraction of sp³-hybridized carbons (Fsp3) is 0.471. The summed E-state index contributed by atoms with van der Waals surface area (Å²) in [6, 6.07) is 5.13. The number of hydrogen-bond acceptors (Lipinski definition) is 4. The molecule has 132 valence electrons. The Morgan fingerprint density at radius 1 is 1.28 bits per heavy atom. The van der Waals surface area contributed by atoms with Gasteiger partial charge in [0.15, 0.2) is 6.61 Å². The van der Waals surface area contributed by atoms with E-state index >= 15 is 0 Å². The number of hydrogen-bond donors (Lipinski definition) is 0. The molecule has 0 spiro atoms. The van der Waals surface area contributed by atoms with Gasteiger partial charge in [-0.3, -0.25) is 4.79 Å². The first-order valence-electron chi connectivity index (χ1n) is 8.37. The van der Waals surface area contributed by atoms with E-state index in [2.05, 4.69) is 10.3 Å². The molecule has 1 saturated heterocycles. The Bertz CT molecular complexity index is 791. The van der Waals surface area contributed by atoms with Gasteiger partial charge in [0.1, 0.15) is 5.75 Å². The molecule has 1 aliphatic carbocycles. The first-order valence-corrected chi connectivity index (χ1v) is 9.13. The van der Waals surface area contributed by atoms with E-state index in [4.69, 9.17) is 27.9 Å². The second-order valence-electron chi connectivity index (χ2n) is 6.54. The van der Waals surface area contributed by atoms with Gasteiger partial charge in [-0.2, -0.15) is 0 Å². The summed E-state index contributed by atoms with van der Waals surface area (Å²) < 4.78 is 7.43. The van der Waals surface area contributed by atoms with Crippen LogP contribution < -0.4 is 4.74 Å². The molecular formula is C17H18Cl2N4O2. The van der Waals surface area contributed by atoms with Gasteiger partial charge in [0.2, 0.25) is 0 Å². The average molecular weight is 381 g/mol. The van der Waals surface area contributed by atoms with Crippen LogP contribution in [0.25, 0.3) is 0 Å². The van der Waals surface area contributed by atoms with Crippen LogP contribution in [0.5, 0.6) is 5.75 Å². The van der Waals surface area contributed by atoms with Gasteiger partial charge >= 0.3 is 0 Å². The number of amides is 1. The minimum absolute atomic E-state index is 0.0429. The van der Waals surface area contributed by atoms with Gasteiger partial charge in [0.05, 0.1) is 16.8 Å². The summed E-state index contributed by atoms with van der Waals surface area (Å²) in [5.74, 6) is 0.988. The maximum absolute atomic E-state index is 12.4. The number of likely N-dealkylation sites (tertiary alicyclic amines) is 1. The molecule has 1 unspecified atom stereocenters. The molecule has 1 aromatic heterocycles. The van der Waals surface area contributed by atoms with Crippen molar-refractivity contribution in [2.45, 2.75) is 31.2 Å². The standard InChI is InChI=1S/C17H18Cl2N4O2/c18-12-3-4-16(14(19)7-12)25-10-17(24)22-6-5-13(8-22)23-9-15(20-21-23)11-1-2-11/h3-4,7,9,11,13H,1-2,5-6,8,10H2. The largest absolute Gasteiger partial charge is 0.482 e. The van der Waals surface area contributed by atoms with Crippen LogP contribution in [0.15, 0.2) is 24.4 Å². The zero-order chi connectivity index (χ0) is 17.4.